The fourth-order valence-corrected chi connectivity index (χ4v) is 4.44. The summed E-state index contributed by atoms with van der Waals surface area (Å²) in [6.45, 7) is 6.78. The lowest BCUT2D eigenvalue weighted by molar-refractivity contribution is 0.0758. The zero-order valence-electron chi connectivity index (χ0n) is 19.1. The first-order chi connectivity index (χ1) is 16.1. The van der Waals surface area contributed by atoms with Crippen LogP contribution in [0.3, 0.4) is 0 Å². The summed E-state index contributed by atoms with van der Waals surface area (Å²) < 4.78 is 4.17. The summed E-state index contributed by atoms with van der Waals surface area (Å²) in [6.07, 6.45) is 1.46. The van der Waals surface area contributed by atoms with Crippen LogP contribution in [0.15, 0.2) is 60.7 Å². The summed E-state index contributed by atoms with van der Waals surface area (Å²) in [4.78, 5) is 15.1. The quantitative estimate of drug-likeness (QED) is 0.477. The van der Waals surface area contributed by atoms with Gasteiger partial charge in [0, 0.05) is 43.7 Å². The minimum atomic E-state index is 0.0657. The number of amides is 1. The molecule has 0 bridgehead atoms. The van der Waals surface area contributed by atoms with Gasteiger partial charge >= 0.3 is 0 Å². The summed E-state index contributed by atoms with van der Waals surface area (Å²) in [5.41, 5.74) is 5.21. The highest BCUT2D eigenvalue weighted by molar-refractivity contribution is 5.94. The fourth-order valence-electron chi connectivity index (χ4n) is 4.44. The maximum absolute atomic E-state index is 13.2. The molecule has 0 N–H and O–H groups in total. The lowest BCUT2D eigenvalue weighted by Crippen LogP contribution is -2.33. The van der Waals surface area contributed by atoms with Crippen molar-refractivity contribution >= 4 is 5.91 Å². The van der Waals surface area contributed by atoms with Gasteiger partial charge in [0.25, 0.3) is 5.91 Å². The van der Waals surface area contributed by atoms with Crippen LogP contribution in [0, 0.1) is 13.8 Å². The summed E-state index contributed by atoms with van der Waals surface area (Å²) >= 11 is 0. The molecule has 1 amide bonds. The van der Waals surface area contributed by atoms with Gasteiger partial charge in [-0.1, -0.05) is 42.5 Å². The van der Waals surface area contributed by atoms with Crippen molar-refractivity contribution < 1.29 is 4.79 Å². The van der Waals surface area contributed by atoms with Gasteiger partial charge in [0.1, 0.15) is 11.6 Å². The molecule has 0 radical (unpaired) electrons. The molecule has 0 fully saturated rings. The van der Waals surface area contributed by atoms with Gasteiger partial charge in [-0.05, 0) is 43.2 Å². The zero-order valence-corrected chi connectivity index (χ0v) is 19.1. The molecule has 2 aromatic heterocycles. The largest absolute Gasteiger partial charge is 0.336 e. The van der Waals surface area contributed by atoms with Gasteiger partial charge in [0.05, 0.1) is 12.2 Å². The standard InChI is InChI=1S/C26H28N6O/c1-19-16-20(2)32(29-19)18-22-8-10-23(11-9-22)26(33)30-13-12-24-27-28-25(31(24)15-14-30)17-21-6-4-3-5-7-21/h3-11,16H,12-15,17-18H2,1-2H3. The first kappa shape index (κ1) is 21.1. The molecule has 3 heterocycles. The van der Waals surface area contributed by atoms with Crippen molar-refractivity contribution in [2.45, 2.75) is 39.8 Å². The van der Waals surface area contributed by atoms with Gasteiger partial charge in [-0.2, -0.15) is 5.10 Å². The highest BCUT2D eigenvalue weighted by Gasteiger charge is 2.22. The van der Waals surface area contributed by atoms with E-state index in [1.54, 1.807) is 0 Å². The normalized spacial score (nSPS) is 13.6. The van der Waals surface area contributed by atoms with Gasteiger partial charge in [-0.3, -0.25) is 9.48 Å². The van der Waals surface area contributed by atoms with Gasteiger partial charge < -0.3 is 9.47 Å². The number of rotatable bonds is 5. The number of hydrogen-bond acceptors (Lipinski definition) is 4. The van der Waals surface area contributed by atoms with Crippen molar-refractivity contribution in [3.05, 3.63) is 100 Å². The Bertz CT molecular complexity index is 1260. The highest BCUT2D eigenvalue weighted by atomic mass is 16.2. The number of aromatic nitrogens is 5. The minimum Gasteiger partial charge on any atom is -0.336 e. The van der Waals surface area contributed by atoms with E-state index in [1.165, 1.54) is 5.56 Å². The SMILES string of the molecule is Cc1cc(C)n(Cc2ccc(C(=O)N3CCc4nnc(Cc5ccccc5)n4CC3)cc2)n1. The number of carbonyl (C=O) groups excluding carboxylic acids is 1. The summed E-state index contributed by atoms with van der Waals surface area (Å²) in [5.74, 6) is 1.98. The Labute approximate surface area is 193 Å². The van der Waals surface area contributed by atoms with Crippen LogP contribution in [0.5, 0.6) is 0 Å². The summed E-state index contributed by atoms with van der Waals surface area (Å²) in [7, 11) is 0. The Kier molecular flexibility index (Phi) is 5.77. The van der Waals surface area contributed by atoms with Crippen LogP contribution in [0.25, 0.3) is 0 Å². The van der Waals surface area contributed by atoms with E-state index in [0.717, 1.165) is 35.0 Å². The van der Waals surface area contributed by atoms with Crippen LogP contribution in [0.4, 0.5) is 0 Å². The second kappa shape index (κ2) is 9.02. The van der Waals surface area contributed by atoms with Gasteiger partial charge in [-0.25, -0.2) is 0 Å². The summed E-state index contributed by atoms with van der Waals surface area (Å²) in [5, 5.41) is 13.3. The van der Waals surface area contributed by atoms with E-state index in [2.05, 4.69) is 45.0 Å². The van der Waals surface area contributed by atoms with E-state index in [-0.39, 0.29) is 5.91 Å². The Balaban J connectivity index is 1.25. The Hall–Kier alpha value is -3.74. The smallest absolute Gasteiger partial charge is 0.253 e. The predicted octanol–water partition coefficient (Wildman–Crippen LogP) is 3.43. The third-order valence-electron chi connectivity index (χ3n) is 6.23. The van der Waals surface area contributed by atoms with Crippen molar-refractivity contribution in [1.29, 1.82) is 0 Å². The Morgan fingerprint density at radius 3 is 2.42 bits per heavy atom. The predicted molar refractivity (Wildman–Crippen MR) is 126 cm³/mol. The molecule has 0 unspecified atom stereocenters. The molecule has 1 aliphatic rings. The van der Waals surface area contributed by atoms with Crippen molar-refractivity contribution in [1.82, 2.24) is 29.4 Å². The molecular formula is C26H28N6O. The van der Waals surface area contributed by atoms with Crippen molar-refractivity contribution in [3.63, 3.8) is 0 Å². The van der Waals surface area contributed by atoms with Crippen LogP contribution < -0.4 is 0 Å². The Morgan fingerprint density at radius 2 is 1.70 bits per heavy atom. The molecule has 0 spiro atoms. The summed E-state index contributed by atoms with van der Waals surface area (Å²) in [6, 6.07) is 20.3. The molecule has 7 heteroatoms. The van der Waals surface area contributed by atoms with Crippen LogP contribution >= 0.6 is 0 Å². The fraction of sp³-hybridized carbons (Fsp3) is 0.308. The second-order valence-corrected chi connectivity index (χ2v) is 8.67. The molecular weight excluding hydrogens is 412 g/mol. The van der Waals surface area contributed by atoms with E-state index >= 15 is 0 Å². The first-order valence-electron chi connectivity index (χ1n) is 11.4. The molecule has 0 saturated heterocycles. The Morgan fingerprint density at radius 1 is 0.909 bits per heavy atom. The number of benzene rings is 2. The molecule has 2 aromatic carbocycles. The first-order valence-corrected chi connectivity index (χ1v) is 11.4. The molecule has 5 rings (SSSR count). The van der Waals surface area contributed by atoms with Crippen molar-refractivity contribution in [2.75, 3.05) is 13.1 Å². The zero-order chi connectivity index (χ0) is 22.8. The molecule has 0 saturated carbocycles. The minimum absolute atomic E-state index is 0.0657. The number of fused-ring (bicyclic) bond motifs is 1. The van der Waals surface area contributed by atoms with E-state index in [1.807, 2.05) is 59.0 Å². The third-order valence-corrected chi connectivity index (χ3v) is 6.23. The molecule has 0 aliphatic carbocycles. The van der Waals surface area contributed by atoms with Crippen LogP contribution in [-0.4, -0.2) is 48.4 Å². The number of carbonyl (C=O) groups is 1. The van der Waals surface area contributed by atoms with E-state index < -0.39 is 0 Å². The lowest BCUT2D eigenvalue weighted by Gasteiger charge is -2.20. The van der Waals surface area contributed by atoms with Gasteiger partial charge in [0.2, 0.25) is 0 Å². The number of nitrogens with zero attached hydrogens (tertiary/aromatic N) is 6. The van der Waals surface area contributed by atoms with Crippen LogP contribution in [0.2, 0.25) is 0 Å². The van der Waals surface area contributed by atoms with Crippen molar-refractivity contribution in [2.24, 2.45) is 0 Å². The molecule has 0 atom stereocenters. The van der Waals surface area contributed by atoms with Gasteiger partial charge in [0.15, 0.2) is 0 Å². The molecule has 4 aromatic rings. The monoisotopic (exact) mass is 440 g/mol. The maximum Gasteiger partial charge on any atom is 0.253 e. The van der Waals surface area contributed by atoms with E-state index in [4.69, 9.17) is 0 Å². The number of hydrogen-bond donors (Lipinski definition) is 0. The second-order valence-electron chi connectivity index (χ2n) is 8.67. The molecule has 7 nitrogen and oxygen atoms in total. The average molecular weight is 441 g/mol. The molecule has 33 heavy (non-hydrogen) atoms. The maximum atomic E-state index is 13.2. The number of aryl methyl sites for hydroxylation is 2. The van der Waals surface area contributed by atoms with Crippen LogP contribution in [0.1, 0.15) is 44.5 Å². The van der Waals surface area contributed by atoms with Gasteiger partial charge in [-0.15, -0.1) is 10.2 Å². The van der Waals surface area contributed by atoms with Crippen molar-refractivity contribution in [3.8, 4) is 0 Å². The highest BCUT2D eigenvalue weighted by Crippen LogP contribution is 2.16. The molecule has 168 valence electrons. The van der Waals surface area contributed by atoms with E-state index in [9.17, 15) is 4.79 Å². The lowest BCUT2D eigenvalue weighted by atomic mass is 10.1. The average Bonchev–Trinajstić information content (AvgIpc) is 3.27. The topological polar surface area (TPSA) is 68.8 Å². The van der Waals surface area contributed by atoms with E-state index in [0.29, 0.717) is 38.2 Å². The molecule has 1 aliphatic heterocycles. The van der Waals surface area contributed by atoms with Crippen LogP contribution in [-0.2, 0) is 25.9 Å². The third kappa shape index (κ3) is 4.58.